The van der Waals surface area contributed by atoms with Gasteiger partial charge in [-0.3, -0.25) is 0 Å². The van der Waals surface area contributed by atoms with Crippen LogP contribution in [0.1, 0.15) is 22.3 Å². The molecule has 0 bridgehead atoms. The van der Waals surface area contributed by atoms with Gasteiger partial charge in [0.25, 0.3) is 0 Å². The van der Waals surface area contributed by atoms with Gasteiger partial charge >= 0.3 is 0 Å². The first-order chi connectivity index (χ1) is 29.1. The van der Waals surface area contributed by atoms with Crippen LogP contribution < -0.4 is 15.9 Å². The van der Waals surface area contributed by atoms with Crippen LogP contribution >= 0.6 is 7.14 Å². The molecule has 0 saturated heterocycles. The predicted octanol–water partition coefficient (Wildman–Crippen LogP) is 13.4. The van der Waals surface area contributed by atoms with Gasteiger partial charge in [-0.05, 0) is 88.6 Å². The Kier molecular flexibility index (Phi) is 8.40. The van der Waals surface area contributed by atoms with Gasteiger partial charge in [-0.2, -0.15) is 0 Å². The van der Waals surface area contributed by atoms with E-state index in [1.165, 1.54) is 65.3 Å². The normalized spacial score (nSPS) is 12.1. The maximum Gasteiger partial charge on any atom is 0.171 e. The zero-order valence-corrected chi connectivity index (χ0v) is 33.3. The van der Waals surface area contributed by atoms with Crippen molar-refractivity contribution in [2.45, 2.75) is 5.41 Å². The van der Waals surface area contributed by atoms with Crippen LogP contribution in [0.5, 0.6) is 0 Å². The van der Waals surface area contributed by atoms with Gasteiger partial charge in [0.1, 0.15) is 0 Å². The summed E-state index contributed by atoms with van der Waals surface area (Å²) in [5.74, 6) is 0. The smallest absolute Gasteiger partial charge is 0.171 e. The lowest BCUT2D eigenvalue weighted by Gasteiger charge is -2.37. The topological polar surface area (TPSA) is 17.1 Å². The van der Waals surface area contributed by atoms with Gasteiger partial charge in [-0.1, -0.05) is 224 Å². The van der Waals surface area contributed by atoms with Crippen LogP contribution in [0.15, 0.2) is 237 Å². The first-order valence-electron chi connectivity index (χ1n) is 20.3. The van der Waals surface area contributed by atoms with Crippen molar-refractivity contribution >= 4 is 66.1 Å². The van der Waals surface area contributed by atoms with Gasteiger partial charge in [0, 0.05) is 15.9 Å². The monoisotopic (exact) mass is 770 g/mol. The molecule has 0 radical (unpaired) electrons. The summed E-state index contributed by atoms with van der Waals surface area (Å²) in [5, 5.41) is 12.7. The minimum absolute atomic E-state index is 0.630. The summed E-state index contributed by atoms with van der Waals surface area (Å²) >= 11 is 0. The Labute approximate surface area is 344 Å². The Bertz CT molecular complexity index is 3220. The molecular weight excluding hydrogens is 732 g/mol. The zero-order valence-electron chi connectivity index (χ0n) is 32.4. The van der Waals surface area contributed by atoms with E-state index in [0.717, 1.165) is 27.0 Å². The van der Waals surface area contributed by atoms with Crippen molar-refractivity contribution < 1.29 is 4.57 Å². The second kappa shape index (κ2) is 14.1. The highest BCUT2D eigenvalue weighted by atomic mass is 31.2. The average Bonchev–Trinajstić information content (AvgIpc) is 3.32. The number of fused-ring (bicyclic) bond motifs is 2. The number of rotatable bonds is 8. The molecule has 59 heavy (non-hydrogen) atoms. The number of hydrogen-bond donors (Lipinski definition) is 0. The summed E-state index contributed by atoms with van der Waals surface area (Å²) in [6.45, 7) is 0. The minimum atomic E-state index is -3.08. The zero-order chi connectivity index (χ0) is 39.4. The molecule has 2 heteroatoms. The maximum absolute atomic E-state index is 15.1. The fourth-order valence-electron chi connectivity index (χ4n) is 9.75. The van der Waals surface area contributed by atoms with E-state index >= 15 is 4.57 Å². The SMILES string of the molecule is O=P(c1ccccc1)(c1ccccc1)c1ccc(-c2ccc(C(c3ccccc3)(c3ccccc3)c3cc4cccc5c6cccc7cccc(c(c3)c45)c76)cc2)cc1. The highest BCUT2D eigenvalue weighted by molar-refractivity contribution is 7.85. The Morgan fingerprint density at radius 3 is 1.19 bits per heavy atom. The van der Waals surface area contributed by atoms with Gasteiger partial charge in [-0.15, -0.1) is 0 Å². The molecule has 11 aromatic carbocycles. The number of benzene rings is 11. The summed E-state index contributed by atoms with van der Waals surface area (Å²) in [6.07, 6.45) is 0. The van der Waals surface area contributed by atoms with Crippen LogP contribution in [-0.2, 0) is 9.98 Å². The fourth-order valence-corrected chi connectivity index (χ4v) is 12.4. The Morgan fingerprint density at radius 2 is 0.678 bits per heavy atom. The van der Waals surface area contributed by atoms with Crippen LogP contribution in [0.3, 0.4) is 0 Å². The van der Waals surface area contributed by atoms with E-state index in [0.29, 0.717) is 0 Å². The van der Waals surface area contributed by atoms with Crippen molar-refractivity contribution in [1.29, 1.82) is 0 Å². The maximum atomic E-state index is 15.1. The molecule has 0 aliphatic rings. The number of hydrogen-bond acceptors (Lipinski definition) is 1. The third-order valence-corrected chi connectivity index (χ3v) is 15.5. The van der Waals surface area contributed by atoms with Crippen LogP contribution in [-0.4, -0.2) is 0 Å². The molecule has 0 unspecified atom stereocenters. The largest absolute Gasteiger partial charge is 0.309 e. The average molecular weight is 771 g/mol. The van der Waals surface area contributed by atoms with E-state index in [9.17, 15) is 0 Å². The van der Waals surface area contributed by atoms with Crippen molar-refractivity contribution in [2.75, 3.05) is 0 Å². The Balaban J connectivity index is 1.10. The second-order valence-electron chi connectivity index (χ2n) is 15.5. The molecule has 0 saturated carbocycles. The molecule has 0 heterocycles. The first-order valence-corrected chi connectivity index (χ1v) is 22.0. The summed E-state index contributed by atoms with van der Waals surface area (Å²) < 4.78 is 15.1. The molecule has 278 valence electrons. The first kappa shape index (κ1) is 35.1. The van der Waals surface area contributed by atoms with Gasteiger partial charge in [0.15, 0.2) is 7.14 Å². The van der Waals surface area contributed by atoms with E-state index in [1.807, 2.05) is 60.7 Å². The third-order valence-electron chi connectivity index (χ3n) is 12.4. The van der Waals surface area contributed by atoms with Crippen molar-refractivity contribution in [3.05, 3.63) is 259 Å². The van der Waals surface area contributed by atoms with E-state index in [1.54, 1.807) is 0 Å². The van der Waals surface area contributed by atoms with Crippen LogP contribution in [0.25, 0.3) is 54.2 Å². The molecule has 0 amide bonds. The summed E-state index contributed by atoms with van der Waals surface area (Å²) in [5.41, 5.74) is 6.37. The van der Waals surface area contributed by atoms with Crippen LogP contribution in [0.2, 0.25) is 0 Å². The minimum Gasteiger partial charge on any atom is -0.309 e. The molecule has 11 aromatic rings. The molecule has 0 atom stereocenters. The Hall–Kier alpha value is -7.05. The highest BCUT2D eigenvalue weighted by Gasteiger charge is 2.39. The molecule has 0 spiro atoms. The molecule has 11 rings (SSSR count). The predicted molar refractivity (Wildman–Crippen MR) is 251 cm³/mol. The standard InChI is InChI=1S/C57H39OP/c58-59(48-23-9-3-10-24-48,49-25-11-4-12-26-49)50-36-32-41(33-37-50)40-30-34-46(35-31-40)57(44-19-5-1-6-20-44,45-21-7-2-8-22-45)47-38-43-18-15-28-52-51-27-13-16-42-17-14-29-53(55(42)51)54(39-47)56(43)52/h1-39H. The van der Waals surface area contributed by atoms with Crippen molar-refractivity contribution in [1.82, 2.24) is 0 Å². The quantitative estimate of drug-likeness (QED) is 0.0651. The lowest BCUT2D eigenvalue weighted by atomic mass is 9.64. The highest BCUT2D eigenvalue weighted by Crippen LogP contribution is 2.49. The third kappa shape index (κ3) is 5.50. The van der Waals surface area contributed by atoms with E-state index < -0.39 is 12.6 Å². The van der Waals surface area contributed by atoms with E-state index in [-0.39, 0.29) is 0 Å². The summed E-state index contributed by atoms with van der Waals surface area (Å²) in [6, 6.07) is 84.3. The molecule has 0 aliphatic carbocycles. The summed E-state index contributed by atoms with van der Waals surface area (Å²) in [4.78, 5) is 0. The lowest BCUT2D eigenvalue weighted by molar-refractivity contribution is 0.592. The lowest BCUT2D eigenvalue weighted by Crippen LogP contribution is -2.31. The Morgan fingerprint density at radius 1 is 0.288 bits per heavy atom. The van der Waals surface area contributed by atoms with Crippen LogP contribution in [0.4, 0.5) is 0 Å². The van der Waals surface area contributed by atoms with Crippen LogP contribution in [0, 0.1) is 0 Å². The molecule has 0 aliphatic heterocycles. The molecule has 0 N–H and O–H groups in total. The molecule has 0 aromatic heterocycles. The van der Waals surface area contributed by atoms with E-state index in [2.05, 4.69) is 176 Å². The summed E-state index contributed by atoms with van der Waals surface area (Å²) in [7, 11) is -3.08. The van der Waals surface area contributed by atoms with Crippen molar-refractivity contribution in [3.63, 3.8) is 0 Å². The van der Waals surface area contributed by atoms with Gasteiger partial charge in [0.05, 0.1) is 5.41 Å². The van der Waals surface area contributed by atoms with Gasteiger partial charge in [-0.25, -0.2) is 0 Å². The fraction of sp³-hybridized carbons (Fsp3) is 0.0175. The molecule has 0 fully saturated rings. The van der Waals surface area contributed by atoms with Crippen molar-refractivity contribution in [2.24, 2.45) is 0 Å². The van der Waals surface area contributed by atoms with Crippen molar-refractivity contribution in [3.8, 4) is 11.1 Å². The molecule has 1 nitrogen and oxygen atoms in total. The van der Waals surface area contributed by atoms with Gasteiger partial charge < -0.3 is 4.57 Å². The second-order valence-corrected chi connectivity index (χ2v) is 18.3. The molecular formula is C57H39OP. The van der Waals surface area contributed by atoms with E-state index in [4.69, 9.17) is 0 Å². The van der Waals surface area contributed by atoms with Gasteiger partial charge in [0.2, 0.25) is 0 Å².